The molecule has 1 aromatic carbocycles. The Morgan fingerprint density at radius 2 is 1.55 bits per heavy atom. The highest BCUT2D eigenvalue weighted by atomic mass is 19.2. The van der Waals surface area contributed by atoms with Gasteiger partial charge in [0.25, 0.3) is 5.91 Å². The Morgan fingerprint density at radius 3 is 2.09 bits per heavy atom. The van der Waals surface area contributed by atoms with Crippen molar-refractivity contribution in [3.8, 4) is 0 Å². The second-order valence-electron chi connectivity index (χ2n) is 5.06. The summed E-state index contributed by atoms with van der Waals surface area (Å²) in [6.07, 6.45) is 6.49. The number of carbonyl (C=O) groups excluding carboxylic acids is 1. The first-order valence-electron chi connectivity index (χ1n) is 6.91. The molecule has 0 atom stereocenters. The van der Waals surface area contributed by atoms with E-state index in [1.807, 2.05) is 6.08 Å². The van der Waals surface area contributed by atoms with Gasteiger partial charge in [-0.1, -0.05) is 11.6 Å². The van der Waals surface area contributed by atoms with Gasteiger partial charge in [0.05, 0.1) is 0 Å². The van der Waals surface area contributed by atoms with Crippen LogP contribution in [-0.2, 0) is 0 Å². The first-order valence-corrected chi connectivity index (χ1v) is 6.91. The van der Waals surface area contributed by atoms with Crippen molar-refractivity contribution >= 4 is 5.91 Å². The second-order valence-corrected chi connectivity index (χ2v) is 5.06. The predicted octanol–water partition coefficient (Wildman–Crippen LogP) is 4.00. The zero-order valence-corrected chi connectivity index (χ0v) is 11.6. The van der Waals surface area contributed by atoms with Crippen molar-refractivity contribution in [2.24, 2.45) is 0 Å². The Labute approximate surface area is 124 Å². The van der Waals surface area contributed by atoms with Crippen LogP contribution in [0.15, 0.2) is 11.6 Å². The van der Waals surface area contributed by atoms with E-state index in [4.69, 9.17) is 0 Å². The third kappa shape index (κ3) is 3.28. The van der Waals surface area contributed by atoms with Crippen LogP contribution in [0.3, 0.4) is 0 Å². The lowest BCUT2D eigenvalue weighted by Gasteiger charge is -2.13. The van der Waals surface area contributed by atoms with E-state index in [2.05, 4.69) is 5.32 Å². The number of amides is 1. The normalized spacial score (nSPS) is 14.7. The summed E-state index contributed by atoms with van der Waals surface area (Å²) in [5, 5.41) is 2.19. The summed E-state index contributed by atoms with van der Waals surface area (Å²) in [6.45, 7) is 0.0736. The lowest BCUT2D eigenvalue weighted by Crippen LogP contribution is -2.28. The lowest BCUT2D eigenvalue weighted by molar-refractivity contribution is 0.0942. The zero-order chi connectivity index (χ0) is 16.3. The van der Waals surface area contributed by atoms with Crippen molar-refractivity contribution in [3.63, 3.8) is 0 Å². The molecule has 0 bridgehead atoms. The first kappa shape index (κ1) is 16.5. The molecule has 1 aliphatic rings. The third-order valence-corrected chi connectivity index (χ3v) is 3.55. The highest BCUT2D eigenvalue weighted by Gasteiger charge is 2.29. The molecule has 120 valence electrons. The molecule has 0 fully saturated rings. The number of hydrogen-bond donors (Lipinski definition) is 1. The molecule has 1 aliphatic carbocycles. The molecular weight excluding hydrogens is 305 g/mol. The van der Waals surface area contributed by atoms with Crippen LogP contribution in [-0.4, -0.2) is 12.5 Å². The van der Waals surface area contributed by atoms with E-state index >= 15 is 0 Å². The van der Waals surface area contributed by atoms with Gasteiger partial charge in [-0.2, -0.15) is 0 Å². The quantitative estimate of drug-likeness (QED) is 0.386. The Hall–Kier alpha value is -1.92. The minimum Gasteiger partial charge on any atom is -0.352 e. The van der Waals surface area contributed by atoms with E-state index in [9.17, 15) is 26.7 Å². The van der Waals surface area contributed by atoms with Crippen LogP contribution in [0.1, 0.15) is 42.5 Å². The number of carbonyl (C=O) groups is 1. The van der Waals surface area contributed by atoms with E-state index in [0.717, 1.165) is 31.3 Å². The van der Waals surface area contributed by atoms with Crippen LogP contribution in [0, 0.1) is 29.1 Å². The number of halogens is 5. The minimum atomic E-state index is -2.28. The average molecular weight is 319 g/mol. The van der Waals surface area contributed by atoms with Gasteiger partial charge in [0, 0.05) is 6.54 Å². The van der Waals surface area contributed by atoms with Crippen LogP contribution < -0.4 is 5.32 Å². The van der Waals surface area contributed by atoms with E-state index in [0.29, 0.717) is 6.42 Å². The van der Waals surface area contributed by atoms with E-state index < -0.39 is 40.6 Å². The Kier molecular flexibility index (Phi) is 5.15. The van der Waals surface area contributed by atoms with Crippen LogP contribution in [0.2, 0.25) is 0 Å². The highest BCUT2D eigenvalue weighted by molar-refractivity contribution is 5.94. The molecule has 0 spiro atoms. The zero-order valence-electron chi connectivity index (χ0n) is 11.6. The number of hydrogen-bond acceptors (Lipinski definition) is 1. The Balaban J connectivity index is 2.08. The van der Waals surface area contributed by atoms with Gasteiger partial charge in [-0.15, -0.1) is 0 Å². The molecule has 0 heterocycles. The largest absolute Gasteiger partial charge is 0.352 e. The summed E-state index contributed by atoms with van der Waals surface area (Å²) in [6, 6.07) is 0. The Morgan fingerprint density at radius 1 is 0.955 bits per heavy atom. The van der Waals surface area contributed by atoms with Gasteiger partial charge in [0.2, 0.25) is 5.82 Å². The molecule has 1 amide bonds. The maximum atomic E-state index is 13.4. The maximum Gasteiger partial charge on any atom is 0.257 e. The molecule has 22 heavy (non-hydrogen) atoms. The number of nitrogens with one attached hydrogen (secondary N) is 1. The maximum absolute atomic E-state index is 13.4. The summed E-state index contributed by atoms with van der Waals surface area (Å²) in [7, 11) is 0. The molecule has 0 unspecified atom stereocenters. The second kappa shape index (κ2) is 6.89. The summed E-state index contributed by atoms with van der Waals surface area (Å²) in [4.78, 5) is 11.7. The summed E-state index contributed by atoms with van der Waals surface area (Å²) >= 11 is 0. The van der Waals surface area contributed by atoms with Gasteiger partial charge < -0.3 is 5.32 Å². The van der Waals surface area contributed by atoms with Gasteiger partial charge in [-0.3, -0.25) is 4.79 Å². The van der Waals surface area contributed by atoms with Gasteiger partial charge in [-0.05, 0) is 32.1 Å². The van der Waals surface area contributed by atoms with E-state index in [1.54, 1.807) is 0 Å². The standard InChI is InChI=1S/C15H14F5NO/c16-10-9(11(17)13(19)14(20)12(10)18)15(22)21-7-6-8-4-2-1-3-5-8/h4H,1-3,5-7H2,(H,21,22). The molecule has 0 saturated carbocycles. The highest BCUT2D eigenvalue weighted by Crippen LogP contribution is 2.23. The van der Waals surface area contributed by atoms with Gasteiger partial charge >= 0.3 is 0 Å². The first-order chi connectivity index (χ1) is 10.4. The van der Waals surface area contributed by atoms with Crippen LogP contribution in [0.4, 0.5) is 22.0 Å². The van der Waals surface area contributed by atoms with Gasteiger partial charge in [-0.25, -0.2) is 22.0 Å². The summed E-state index contributed by atoms with van der Waals surface area (Å²) in [5.41, 5.74) is -0.335. The van der Waals surface area contributed by atoms with Gasteiger partial charge in [0.15, 0.2) is 23.3 Å². The molecule has 0 radical (unpaired) electrons. The molecule has 1 aromatic rings. The number of benzene rings is 1. The predicted molar refractivity (Wildman–Crippen MR) is 69.7 cm³/mol. The van der Waals surface area contributed by atoms with Crippen LogP contribution >= 0.6 is 0 Å². The van der Waals surface area contributed by atoms with Crippen LogP contribution in [0.5, 0.6) is 0 Å². The fraction of sp³-hybridized carbons (Fsp3) is 0.400. The molecule has 0 saturated heterocycles. The fourth-order valence-electron chi connectivity index (χ4n) is 2.36. The molecule has 0 aromatic heterocycles. The van der Waals surface area contributed by atoms with Crippen molar-refractivity contribution in [1.29, 1.82) is 0 Å². The molecule has 2 nitrogen and oxygen atoms in total. The van der Waals surface area contributed by atoms with Gasteiger partial charge in [0.1, 0.15) is 5.56 Å². The monoisotopic (exact) mass is 319 g/mol. The summed E-state index contributed by atoms with van der Waals surface area (Å²) in [5.74, 6) is -12.1. The molecule has 7 heteroatoms. The van der Waals surface area contributed by atoms with Crippen molar-refractivity contribution in [2.45, 2.75) is 32.1 Å². The molecule has 0 aliphatic heterocycles. The van der Waals surface area contributed by atoms with Crippen molar-refractivity contribution in [1.82, 2.24) is 5.32 Å². The van der Waals surface area contributed by atoms with E-state index in [1.165, 1.54) is 0 Å². The molecule has 2 rings (SSSR count). The number of rotatable bonds is 4. The van der Waals surface area contributed by atoms with Crippen molar-refractivity contribution in [3.05, 3.63) is 46.3 Å². The number of allylic oxidation sites excluding steroid dienone is 1. The smallest absolute Gasteiger partial charge is 0.257 e. The van der Waals surface area contributed by atoms with Crippen LogP contribution in [0.25, 0.3) is 0 Å². The molecule has 1 N–H and O–H groups in total. The third-order valence-electron chi connectivity index (χ3n) is 3.55. The van der Waals surface area contributed by atoms with Crippen molar-refractivity contribution < 1.29 is 26.7 Å². The Bertz CT molecular complexity index is 598. The summed E-state index contributed by atoms with van der Waals surface area (Å²) < 4.78 is 65.8. The minimum absolute atomic E-state index is 0.0736. The lowest BCUT2D eigenvalue weighted by atomic mass is 9.97. The fourth-order valence-corrected chi connectivity index (χ4v) is 2.36. The molecular formula is C15H14F5NO. The SMILES string of the molecule is O=C(NCCC1=CCCCC1)c1c(F)c(F)c(F)c(F)c1F. The average Bonchev–Trinajstić information content (AvgIpc) is 2.52. The van der Waals surface area contributed by atoms with Crippen molar-refractivity contribution in [2.75, 3.05) is 6.54 Å². The van der Waals surface area contributed by atoms with E-state index in [-0.39, 0.29) is 6.54 Å². The topological polar surface area (TPSA) is 29.1 Å².